The van der Waals surface area contributed by atoms with Gasteiger partial charge in [0.25, 0.3) is 0 Å². The van der Waals surface area contributed by atoms with E-state index in [0.717, 1.165) is 16.9 Å². The zero-order valence-electron chi connectivity index (χ0n) is 13.2. The van der Waals surface area contributed by atoms with E-state index in [0.29, 0.717) is 18.7 Å². The van der Waals surface area contributed by atoms with Crippen molar-refractivity contribution >= 4 is 0 Å². The van der Waals surface area contributed by atoms with Crippen LogP contribution < -0.4 is 4.74 Å². The van der Waals surface area contributed by atoms with Crippen LogP contribution in [0.1, 0.15) is 22.9 Å². The van der Waals surface area contributed by atoms with E-state index in [1.807, 2.05) is 72.8 Å². The SMILES string of the molecule is O=NC(c1ccccn1)c1ccccc1CCOc1ccccc1. The first-order valence-corrected chi connectivity index (χ1v) is 7.87. The number of ether oxygens (including phenoxy) is 1. The highest BCUT2D eigenvalue weighted by atomic mass is 16.5. The predicted molar refractivity (Wildman–Crippen MR) is 94.0 cm³/mol. The third kappa shape index (κ3) is 3.84. The van der Waals surface area contributed by atoms with Gasteiger partial charge >= 0.3 is 0 Å². The van der Waals surface area contributed by atoms with Crippen LogP contribution in [0.3, 0.4) is 0 Å². The van der Waals surface area contributed by atoms with Gasteiger partial charge in [-0.3, -0.25) is 4.98 Å². The van der Waals surface area contributed by atoms with Gasteiger partial charge in [0.1, 0.15) is 5.75 Å². The van der Waals surface area contributed by atoms with Crippen LogP contribution in [0, 0.1) is 4.91 Å². The first kappa shape index (κ1) is 15.9. The normalized spacial score (nSPS) is 11.7. The van der Waals surface area contributed by atoms with Crippen LogP contribution in [0.15, 0.2) is 84.2 Å². The summed E-state index contributed by atoms with van der Waals surface area (Å²) >= 11 is 0. The van der Waals surface area contributed by atoms with Crippen LogP contribution in [0.2, 0.25) is 0 Å². The Hall–Kier alpha value is -3.01. The van der Waals surface area contributed by atoms with Crippen LogP contribution in [0.5, 0.6) is 5.75 Å². The zero-order valence-corrected chi connectivity index (χ0v) is 13.2. The van der Waals surface area contributed by atoms with Crippen molar-refractivity contribution in [1.29, 1.82) is 0 Å². The molecule has 1 aromatic heterocycles. The van der Waals surface area contributed by atoms with E-state index >= 15 is 0 Å². The third-order valence-corrected chi connectivity index (χ3v) is 3.81. The first-order chi connectivity index (χ1) is 11.9. The van der Waals surface area contributed by atoms with E-state index < -0.39 is 6.04 Å². The summed E-state index contributed by atoms with van der Waals surface area (Å²) in [7, 11) is 0. The van der Waals surface area contributed by atoms with E-state index in [2.05, 4.69) is 10.2 Å². The minimum atomic E-state index is -0.598. The monoisotopic (exact) mass is 318 g/mol. The van der Waals surface area contributed by atoms with E-state index in [-0.39, 0.29) is 0 Å². The molecule has 0 radical (unpaired) electrons. The minimum absolute atomic E-state index is 0.537. The number of nitrogens with zero attached hydrogens (tertiary/aromatic N) is 2. The van der Waals surface area contributed by atoms with Crippen molar-refractivity contribution in [3.05, 3.63) is 101 Å². The maximum Gasteiger partial charge on any atom is 0.159 e. The molecule has 0 saturated carbocycles. The van der Waals surface area contributed by atoms with E-state index in [9.17, 15) is 4.91 Å². The van der Waals surface area contributed by atoms with Crippen molar-refractivity contribution in [1.82, 2.24) is 4.98 Å². The van der Waals surface area contributed by atoms with Crippen molar-refractivity contribution in [2.75, 3.05) is 6.61 Å². The van der Waals surface area contributed by atoms with Gasteiger partial charge < -0.3 is 4.74 Å². The maximum absolute atomic E-state index is 11.4. The van der Waals surface area contributed by atoms with Crippen LogP contribution in [-0.4, -0.2) is 11.6 Å². The van der Waals surface area contributed by atoms with Crippen molar-refractivity contribution in [3.63, 3.8) is 0 Å². The summed E-state index contributed by atoms with van der Waals surface area (Å²) in [5.41, 5.74) is 2.58. The van der Waals surface area contributed by atoms with Crippen molar-refractivity contribution in [2.24, 2.45) is 5.18 Å². The number of pyridine rings is 1. The Balaban J connectivity index is 1.76. The third-order valence-electron chi connectivity index (χ3n) is 3.81. The fourth-order valence-corrected chi connectivity index (χ4v) is 2.63. The molecule has 0 aliphatic carbocycles. The van der Waals surface area contributed by atoms with E-state index in [1.54, 1.807) is 6.20 Å². The molecule has 120 valence electrons. The quantitative estimate of drug-likeness (QED) is 0.600. The van der Waals surface area contributed by atoms with E-state index in [1.165, 1.54) is 0 Å². The Morgan fingerprint density at radius 2 is 1.67 bits per heavy atom. The number of para-hydroxylation sites is 1. The standard InChI is InChI=1S/C20H18N2O2/c23-22-20(19-12-6-7-14-21-19)18-11-5-4-8-16(18)13-15-24-17-9-2-1-3-10-17/h1-12,14,20H,13,15H2. The summed E-state index contributed by atoms with van der Waals surface area (Å²) in [6, 6.07) is 22.4. The van der Waals surface area contributed by atoms with Gasteiger partial charge in [-0.05, 0) is 35.4 Å². The molecule has 0 spiro atoms. The Bertz CT molecular complexity index is 776. The smallest absolute Gasteiger partial charge is 0.159 e. The molecule has 0 bridgehead atoms. The number of hydrogen-bond acceptors (Lipinski definition) is 4. The Kier molecular flexibility index (Phi) is 5.30. The van der Waals surface area contributed by atoms with Gasteiger partial charge in [-0.25, -0.2) is 0 Å². The molecule has 3 aromatic rings. The van der Waals surface area contributed by atoms with Gasteiger partial charge in [0, 0.05) is 12.6 Å². The van der Waals surface area contributed by atoms with Crippen molar-refractivity contribution < 1.29 is 4.74 Å². The number of hydrogen-bond donors (Lipinski definition) is 0. The molecule has 3 rings (SSSR count). The summed E-state index contributed by atoms with van der Waals surface area (Å²) in [5.74, 6) is 0.838. The van der Waals surface area contributed by atoms with Gasteiger partial charge in [-0.2, -0.15) is 0 Å². The molecule has 0 aliphatic heterocycles. The Morgan fingerprint density at radius 1 is 0.917 bits per heavy atom. The highest BCUT2D eigenvalue weighted by Crippen LogP contribution is 2.27. The van der Waals surface area contributed by atoms with Gasteiger partial charge in [0.05, 0.1) is 12.3 Å². The van der Waals surface area contributed by atoms with E-state index in [4.69, 9.17) is 4.74 Å². The lowest BCUT2D eigenvalue weighted by molar-refractivity contribution is 0.321. The molecule has 0 aliphatic rings. The molecule has 24 heavy (non-hydrogen) atoms. The molecule has 0 fully saturated rings. The number of rotatable bonds is 7. The molecule has 4 nitrogen and oxygen atoms in total. The molecule has 0 amide bonds. The molecule has 0 saturated heterocycles. The summed E-state index contributed by atoms with van der Waals surface area (Å²) in [4.78, 5) is 15.7. The van der Waals surface area contributed by atoms with Gasteiger partial charge in [-0.1, -0.05) is 53.7 Å². The molecule has 0 N–H and O–H groups in total. The summed E-state index contributed by atoms with van der Waals surface area (Å²) in [6.07, 6.45) is 2.37. The zero-order chi connectivity index (χ0) is 16.6. The largest absolute Gasteiger partial charge is 0.493 e. The lowest BCUT2D eigenvalue weighted by atomic mass is 9.96. The highest BCUT2D eigenvalue weighted by Gasteiger charge is 2.18. The van der Waals surface area contributed by atoms with Crippen LogP contribution in [0.4, 0.5) is 0 Å². The van der Waals surface area contributed by atoms with Crippen molar-refractivity contribution in [3.8, 4) is 5.75 Å². The second kappa shape index (κ2) is 8.02. The number of aromatic nitrogens is 1. The summed E-state index contributed by atoms with van der Waals surface area (Å²) < 4.78 is 5.76. The fourth-order valence-electron chi connectivity index (χ4n) is 2.63. The average molecular weight is 318 g/mol. The lowest BCUT2D eigenvalue weighted by Gasteiger charge is -2.14. The minimum Gasteiger partial charge on any atom is -0.493 e. The topological polar surface area (TPSA) is 51.5 Å². The molecule has 4 heteroatoms. The Labute approximate surface area is 141 Å². The maximum atomic E-state index is 11.4. The van der Waals surface area contributed by atoms with Gasteiger partial charge in [0.2, 0.25) is 0 Å². The molecule has 1 unspecified atom stereocenters. The van der Waals surface area contributed by atoms with Crippen LogP contribution >= 0.6 is 0 Å². The van der Waals surface area contributed by atoms with Gasteiger partial charge in [0.15, 0.2) is 6.04 Å². The average Bonchev–Trinajstić information content (AvgIpc) is 2.65. The second-order valence-corrected chi connectivity index (χ2v) is 5.37. The van der Waals surface area contributed by atoms with Gasteiger partial charge in [-0.15, -0.1) is 4.91 Å². The predicted octanol–water partition coefficient (Wildman–Crippen LogP) is 4.56. The molecule has 1 heterocycles. The van der Waals surface area contributed by atoms with Crippen molar-refractivity contribution in [2.45, 2.75) is 12.5 Å². The highest BCUT2D eigenvalue weighted by molar-refractivity contribution is 5.35. The molecule has 1 atom stereocenters. The van der Waals surface area contributed by atoms with Crippen LogP contribution in [-0.2, 0) is 6.42 Å². The number of nitroso groups, excluding NO2 is 1. The molecular weight excluding hydrogens is 300 g/mol. The molecular formula is C20H18N2O2. The lowest BCUT2D eigenvalue weighted by Crippen LogP contribution is -2.07. The number of benzene rings is 2. The fraction of sp³-hybridized carbons (Fsp3) is 0.150. The summed E-state index contributed by atoms with van der Waals surface area (Å²) in [5, 5.41) is 3.30. The summed E-state index contributed by atoms with van der Waals surface area (Å²) in [6.45, 7) is 0.537. The molecule has 2 aromatic carbocycles. The Morgan fingerprint density at radius 3 is 2.42 bits per heavy atom. The first-order valence-electron chi connectivity index (χ1n) is 7.87. The van der Waals surface area contributed by atoms with Crippen LogP contribution in [0.25, 0.3) is 0 Å². The second-order valence-electron chi connectivity index (χ2n) is 5.37.